The van der Waals surface area contributed by atoms with Gasteiger partial charge in [-0.1, -0.05) is 0 Å². The normalized spacial score (nSPS) is 9.81. The number of anilines is 1. The molecule has 1 rings (SSSR count). The van der Waals surface area contributed by atoms with Crippen molar-refractivity contribution >= 4 is 23.4 Å². The second-order valence-corrected chi connectivity index (χ2v) is 3.98. The molecule has 0 aliphatic carbocycles. The molecule has 0 aliphatic rings. The molecule has 0 fully saturated rings. The van der Waals surface area contributed by atoms with Crippen LogP contribution in [-0.4, -0.2) is 47.1 Å². The van der Waals surface area contributed by atoms with Crippen LogP contribution >= 0.6 is 0 Å². The number of nitro benzene ring substituents is 1. The molecule has 0 bridgehead atoms. The van der Waals surface area contributed by atoms with E-state index in [0.717, 1.165) is 4.90 Å². The molecule has 0 aromatic heterocycles. The third-order valence-electron chi connectivity index (χ3n) is 2.63. The molecule has 1 aromatic rings. The van der Waals surface area contributed by atoms with E-state index in [4.69, 9.17) is 9.84 Å². The predicted molar refractivity (Wildman–Crippen MR) is 73.5 cm³/mol. The van der Waals surface area contributed by atoms with Crippen molar-refractivity contribution < 1.29 is 24.4 Å². The fraction of sp³-hybridized carbons (Fsp3) is 0.333. The summed E-state index contributed by atoms with van der Waals surface area (Å²) in [6, 6.07) is 3.07. The quantitative estimate of drug-likeness (QED) is 0.606. The Morgan fingerprint density at radius 3 is 2.62 bits per heavy atom. The number of non-ortho nitro benzene ring substituents is 1. The molecular weight excluding hydrogens is 282 g/mol. The smallest absolute Gasteiger partial charge is 0.323 e. The Morgan fingerprint density at radius 2 is 2.14 bits per heavy atom. The highest BCUT2D eigenvalue weighted by molar-refractivity contribution is 5.92. The summed E-state index contributed by atoms with van der Waals surface area (Å²) in [5.41, 5.74) is 0.0414. The Morgan fingerprint density at radius 1 is 1.48 bits per heavy atom. The molecule has 2 amide bonds. The first-order valence-corrected chi connectivity index (χ1v) is 5.99. The minimum absolute atomic E-state index is 0.115. The molecule has 114 valence electrons. The van der Waals surface area contributed by atoms with Crippen LogP contribution in [0.3, 0.4) is 0 Å². The predicted octanol–water partition coefficient (Wildman–Crippen LogP) is 1.54. The fourth-order valence-corrected chi connectivity index (χ4v) is 1.58. The van der Waals surface area contributed by atoms with E-state index in [2.05, 4.69) is 5.32 Å². The maximum absolute atomic E-state index is 11.9. The molecule has 0 heterocycles. The SMILES string of the molecule is CCN(CC(=O)O)C(=O)Nc1ccc([N+](=O)[O-])cc1OC. The number of aliphatic carboxylic acids is 1. The van der Waals surface area contributed by atoms with Gasteiger partial charge in [0.2, 0.25) is 0 Å². The summed E-state index contributed by atoms with van der Waals surface area (Å²) in [5, 5.41) is 21.8. The van der Waals surface area contributed by atoms with Gasteiger partial charge in [-0.3, -0.25) is 14.9 Å². The van der Waals surface area contributed by atoms with E-state index in [1.807, 2.05) is 0 Å². The van der Waals surface area contributed by atoms with Crippen LogP contribution in [0.15, 0.2) is 18.2 Å². The number of carboxylic acid groups (broad SMARTS) is 1. The number of hydrogen-bond donors (Lipinski definition) is 2. The van der Waals surface area contributed by atoms with Gasteiger partial charge in [-0.15, -0.1) is 0 Å². The Kier molecular flexibility index (Phi) is 5.47. The summed E-state index contributed by atoms with van der Waals surface area (Å²) in [5.74, 6) is -1.02. The van der Waals surface area contributed by atoms with Gasteiger partial charge in [0.1, 0.15) is 12.3 Å². The van der Waals surface area contributed by atoms with Crippen LogP contribution < -0.4 is 10.1 Å². The molecule has 9 heteroatoms. The Labute approximate surface area is 120 Å². The van der Waals surface area contributed by atoms with Gasteiger partial charge < -0.3 is 20.1 Å². The number of hydrogen-bond acceptors (Lipinski definition) is 5. The van der Waals surface area contributed by atoms with Gasteiger partial charge >= 0.3 is 12.0 Å². The molecule has 0 saturated carbocycles. The summed E-state index contributed by atoms with van der Waals surface area (Å²) in [4.78, 5) is 33.7. The van der Waals surface area contributed by atoms with Gasteiger partial charge in [0.15, 0.2) is 0 Å². The van der Waals surface area contributed by atoms with Crippen LogP contribution in [0.4, 0.5) is 16.2 Å². The molecule has 21 heavy (non-hydrogen) atoms. The van der Waals surface area contributed by atoms with Crippen molar-refractivity contribution in [2.45, 2.75) is 6.92 Å². The van der Waals surface area contributed by atoms with Crippen molar-refractivity contribution in [2.24, 2.45) is 0 Å². The molecular formula is C12H15N3O6. The highest BCUT2D eigenvalue weighted by atomic mass is 16.6. The zero-order chi connectivity index (χ0) is 16.0. The Bertz CT molecular complexity index is 560. The van der Waals surface area contributed by atoms with E-state index in [1.165, 1.54) is 25.3 Å². The number of nitro groups is 1. The van der Waals surface area contributed by atoms with Crippen LogP contribution in [0.5, 0.6) is 5.75 Å². The van der Waals surface area contributed by atoms with Crippen molar-refractivity contribution in [1.82, 2.24) is 4.90 Å². The monoisotopic (exact) mass is 297 g/mol. The third-order valence-corrected chi connectivity index (χ3v) is 2.63. The first kappa shape index (κ1) is 16.2. The average Bonchev–Trinajstić information content (AvgIpc) is 2.44. The van der Waals surface area contributed by atoms with Gasteiger partial charge in [0.25, 0.3) is 5.69 Å². The lowest BCUT2D eigenvalue weighted by atomic mass is 10.2. The fourth-order valence-electron chi connectivity index (χ4n) is 1.58. The third kappa shape index (κ3) is 4.34. The lowest BCUT2D eigenvalue weighted by Crippen LogP contribution is -2.38. The van der Waals surface area contributed by atoms with Crippen LogP contribution in [0.25, 0.3) is 0 Å². The largest absolute Gasteiger partial charge is 0.494 e. The van der Waals surface area contributed by atoms with E-state index >= 15 is 0 Å². The molecule has 0 saturated heterocycles. The van der Waals surface area contributed by atoms with Crippen molar-refractivity contribution in [3.8, 4) is 5.75 Å². The van der Waals surface area contributed by atoms with E-state index in [-0.39, 0.29) is 23.7 Å². The lowest BCUT2D eigenvalue weighted by molar-refractivity contribution is -0.384. The van der Waals surface area contributed by atoms with Crippen molar-refractivity contribution in [1.29, 1.82) is 0 Å². The Hall–Kier alpha value is -2.84. The second kappa shape index (κ2) is 7.08. The summed E-state index contributed by atoms with van der Waals surface area (Å²) >= 11 is 0. The number of carboxylic acids is 1. The number of carbonyl (C=O) groups excluding carboxylic acids is 1. The number of nitrogens with one attached hydrogen (secondary N) is 1. The van der Waals surface area contributed by atoms with Crippen LogP contribution in [0.2, 0.25) is 0 Å². The van der Waals surface area contributed by atoms with Gasteiger partial charge in [0, 0.05) is 12.6 Å². The maximum atomic E-state index is 11.9. The van der Waals surface area contributed by atoms with Crippen LogP contribution in [0, 0.1) is 10.1 Å². The summed E-state index contributed by atoms with van der Waals surface area (Å²) in [7, 11) is 1.31. The number of amides is 2. The van der Waals surface area contributed by atoms with Crippen LogP contribution in [-0.2, 0) is 4.79 Å². The van der Waals surface area contributed by atoms with Crippen LogP contribution in [0.1, 0.15) is 6.92 Å². The summed E-state index contributed by atoms with van der Waals surface area (Å²) in [6.45, 7) is 1.39. The van der Waals surface area contributed by atoms with Gasteiger partial charge in [-0.05, 0) is 13.0 Å². The number of benzene rings is 1. The van der Waals surface area contributed by atoms with E-state index in [0.29, 0.717) is 0 Å². The number of urea groups is 1. The number of ether oxygens (including phenoxy) is 1. The number of nitrogens with zero attached hydrogens (tertiary/aromatic N) is 2. The minimum Gasteiger partial charge on any atom is -0.494 e. The minimum atomic E-state index is -1.14. The molecule has 0 unspecified atom stereocenters. The second-order valence-electron chi connectivity index (χ2n) is 3.98. The van der Waals surface area contributed by atoms with E-state index in [9.17, 15) is 19.7 Å². The molecule has 1 aromatic carbocycles. The number of likely N-dealkylation sites (N-methyl/N-ethyl adjacent to an activating group) is 1. The number of methoxy groups -OCH3 is 1. The summed E-state index contributed by atoms with van der Waals surface area (Å²) in [6.07, 6.45) is 0. The first-order valence-electron chi connectivity index (χ1n) is 5.99. The highest BCUT2D eigenvalue weighted by Gasteiger charge is 2.18. The maximum Gasteiger partial charge on any atom is 0.323 e. The average molecular weight is 297 g/mol. The Balaban J connectivity index is 2.93. The number of carbonyl (C=O) groups is 2. The van der Waals surface area contributed by atoms with Gasteiger partial charge in [-0.25, -0.2) is 4.79 Å². The first-order chi connectivity index (χ1) is 9.88. The zero-order valence-corrected chi connectivity index (χ0v) is 11.5. The van der Waals surface area contributed by atoms with Gasteiger partial charge in [0.05, 0.1) is 23.8 Å². The number of rotatable bonds is 6. The zero-order valence-electron chi connectivity index (χ0n) is 11.5. The molecule has 0 atom stereocenters. The van der Waals surface area contributed by atoms with Crippen molar-refractivity contribution in [3.63, 3.8) is 0 Å². The van der Waals surface area contributed by atoms with Gasteiger partial charge in [-0.2, -0.15) is 0 Å². The topological polar surface area (TPSA) is 122 Å². The van der Waals surface area contributed by atoms with E-state index in [1.54, 1.807) is 6.92 Å². The van der Waals surface area contributed by atoms with E-state index < -0.39 is 23.5 Å². The molecule has 2 N–H and O–H groups in total. The lowest BCUT2D eigenvalue weighted by Gasteiger charge is -2.19. The standard InChI is InChI=1S/C12H15N3O6/c1-3-14(7-11(16)17)12(18)13-9-5-4-8(15(19)20)6-10(9)21-2/h4-6H,3,7H2,1-2H3,(H,13,18)(H,16,17). The molecule has 0 radical (unpaired) electrons. The summed E-state index contributed by atoms with van der Waals surface area (Å²) < 4.78 is 4.98. The van der Waals surface area contributed by atoms with Crippen molar-refractivity contribution in [3.05, 3.63) is 28.3 Å². The van der Waals surface area contributed by atoms with Crippen molar-refractivity contribution in [2.75, 3.05) is 25.5 Å². The molecule has 0 spiro atoms. The molecule has 9 nitrogen and oxygen atoms in total. The highest BCUT2D eigenvalue weighted by Crippen LogP contribution is 2.29. The molecule has 0 aliphatic heterocycles.